The summed E-state index contributed by atoms with van der Waals surface area (Å²) in [5.41, 5.74) is 7.47. The summed E-state index contributed by atoms with van der Waals surface area (Å²) in [6.07, 6.45) is 1.24. The molecule has 0 unspecified atom stereocenters. The highest BCUT2D eigenvalue weighted by Gasteiger charge is 2.31. The zero-order valence-corrected chi connectivity index (χ0v) is 20.4. The van der Waals surface area contributed by atoms with E-state index in [1.807, 2.05) is 18.2 Å². The number of nitrogens with zero attached hydrogens (tertiary/aromatic N) is 1. The summed E-state index contributed by atoms with van der Waals surface area (Å²) >= 11 is 5.84. The Morgan fingerprint density at radius 2 is 1.80 bits per heavy atom. The van der Waals surface area contributed by atoms with E-state index in [-0.39, 0.29) is 29.4 Å². The number of amides is 1. The Balaban J connectivity index is 1.31. The van der Waals surface area contributed by atoms with Gasteiger partial charge in [-0.3, -0.25) is 10.2 Å². The first-order valence-electron chi connectivity index (χ1n) is 11.1. The Morgan fingerprint density at radius 1 is 1.09 bits per heavy atom. The van der Waals surface area contributed by atoms with Gasteiger partial charge in [-0.1, -0.05) is 23.7 Å². The van der Waals surface area contributed by atoms with Gasteiger partial charge in [0.1, 0.15) is 11.6 Å². The Labute approximate surface area is 208 Å². The van der Waals surface area contributed by atoms with E-state index in [2.05, 4.69) is 10.6 Å². The number of hydrogen-bond acceptors (Lipinski definition) is 6. The van der Waals surface area contributed by atoms with E-state index in [0.29, 0.717) is 47.8 Å². The van der Waals surface area contributed by atoms with Gasteiger partial charge in [0, 0.05) is 41.0 Å². The Morgan fingerprint density at radius 3 is 2.49 bits per heavy atom. The average molecular weight is 516 g/mol. The van der Waals surface area contributed by atoms with E-state index in [9.17, 15) is 13.2 Å². The van der Waals surface area contributed by atoms with Gasteiger partial charge < -0.3 is 20.8 Å². The van der Waals surface area contributed by atoms with Crippen LogP contribution < -0.4 is 16.4 Å². The second-order valence-electron chi connectivity index (χ2n) is 8.23. The van der Waals surface area contributed by atoms with Crippen LogP contribution in [0.2, 0.25) is 5.02 Å². The lowest BCUT2D eigenvalue weighted by Crippen LogP contribution is -2.42. The number of nitrogens with two attached hydrogens (primary N) is 1. The molecule has 1 amide bonds. The highest BCUT2D eigenvalue weighted by molar-refractivity contribution is 7.89. The molecule has 1 fully saturated rings. The van der Waals surface area contributed by atoms with Crippen LogP contribution in [-0.2, 0) is 16.6 Å². The Bertz CT molecular complexity index is 1320. The summed E-state index contributed by atoms with van der Waals surface area (Å²) < 4.78 is 33.1. The zero-order chi connectivity index (χ0) is 25.0. The fraction of sp³-hybridized carbons (Fsp3) is 0.250. The van der Waals surface area contributed by atoms with Crippen LogP contribution in [0.5, 0.6) is 0 Å². The van der Waals surface area contributed by atoms with Crippen molar-refractivity contribution >= 4 is 39.1 Å². The molecule has 1 saturated heterocycles. The lowest BCUT2D eigenvalue weighted by Gasteiger charge is -2.31. The molecule has 184 valence electrons. The minimum atomic E-state index is -3.78. The first-order valence-corrected chi connectivity index (χ1v) is 12.9. The van der Waals surface area contributed by atoms with E-state index in [1.165, 1.54) is 10.4 Å². The minimum Gasteiger partial charge on any atom is -0.446 e. The van der Waals surface area contributed by atoms with Crippen molar-refractivity contribution in [1.29, 1.82) is 5.41 Å². The van der Waals surface area contributed by atoms with Crippen molar-refractivity contribution in [2.24, 2.45) is 5.73 Å². The smallest absolute Gasteiger partial charge is 0.276 e. The number of carbonyl (C=O) groups is 1. The number of amidine groups is 1. The molecule has 0 radical (unpaired) electrons. The summed E-state index contributed by atoms with van der Waals surface area (Å²) in [5, 5.41) is 14.1. The average Bonchev–Trinajstić information content (AvgIpc) is 3.34. The normalized spacial score (nSPS) is 15.0. The molecular formula is C24H26ClN5O4S. The van der Waals surface area contributed by atoms with Crippen molar-refractivity contribution in [3.63, 3.8) is 0 Å². The maximum atomic E-state index is 13.1. The number of nitrogens with one attached hydrogen (secondary N) is 3. The number of furan rings is 1. The van der Waals surface area contributed by atoms with Gasteiger partial charge in [0.2, 0.25) is 5.09 Å². The van der Waals surface area contributed by atoms with Crippen molar-refractivity contribution in [3.8, 4) is 0 Å². The van der Waals surface area contributed by atoms with Gasteiger partial charge in [-0.25, -0.2) is 8.42 Å². The number of rotatable bonds is 8. The molecule has 1 aliphatic rings. The largest absolute Gasteiger partial charge is 0.446 e. The van der Waals surface area contributed by atoms with E-state index < -0.39 is 10.0 Å². The quantitative estimate of drug-likeness (QED) is 0.267. The lowest BCUT2D eigenvalue weighted by molar-refractivity contribution is 0.0947. The third kappa shape index (κ3) is 6.02. The number of sulfonamides is 1. The van der Waals surface area contributed by atoms with Crippen molar-refractivity contribution < 1.29 is 17.6 Å². The predicted molar refractivity (Wildman–Crippen MR) is 134 cm³/mol. The molecule has 2 heterocycles. The van der Waals surface area contributed by atoms with Crippen LogP contribution in [0.1, 0.15) is 34.5 Å². The van der Waals surface area contributed by atoms with Crippen LogP contribution in [0.25, 0.3) is 0 Å². The summed E-state index contributed by atoms with van der Waals surface area (Å²) in [6, 6.07) is 16.8. The first kappa shape index (κ1) is 24.8. The molecule has 2 aromatic carbocycles. The van der Waals surface area contributed by atoms with Crippen molar-refractivity contribution in [2.75, 3.05) is 18.4 Å². The molecule has 0 aliphatic carbocycles. The van der Waals surface area contributed by atoms with Crippen LogP contribution in [0.3, 0.4) is 0 Å². The molecule has 0 saturated carbocycles. The molecule has 11 heteroatoms. The number of halogens is 1. The van der Waals surface area contributed by atoms with Gasteiger partial charge in [0.25, 0.3) is 15.9 Å². The maximum absolute atomic E-state index is 13.1. The predicted octanol–water partition coefficient (Wildman–Crippen LogP) is 3.41. The van der Waals surface area contributed by atoms with Gasteiger partial charge >= 0.3 is 0 Å². The first-order chi connectivity index (χ1) is 16.7. The Hall–Kier alpha value is -3.34. The SMILES string of the molecule is N=C(N)c1cccc(NC2CCN(S(=O)(=O)c3ccc(CNC(=O)c4ccc(Cl)cc4)o3)CC2)c1. The van der Waals surface area contributed by atoms with Crippen LogP contribution in [0.15, 0.2) is 70.2 Å². The molecule has 4 rings (SSSR count). The number of benzene rings is 2. The molecule has 35 heavy (non-hydrogen) atoms. The number of piperidine rings is 1. The molecular weight excluding hydrogens is 490 g/mol. The minimum absolute atomic E-state index is 0.00285. The highest BCUT2D eigenvalue weighted by Crippen LogP contribution is 2.24. The van der Waals surface area contributed by atoms with Crippen molar-refractivity contribution in [3.05, 3.63) is 82.6 Å². The number of anilines is 1. The van der Waals surface area contributed by atoms with Gasteiger partial charge in [-0.2, -0.15) is 4.31 Å². The van der Waals surface area contributed by atoms with E-state index >= 15 is 0 Å². The topological polar surface area (TPSA) is 142 Å². The highest BCUT2D eigenvalue weighted by atomic mass is 35.5. The lowest BCUT2D eigenvalue weighted by atomic mass is 10.1. The van der Waals surface area contributed by atoms with Gasteiger partial charge in [-0.15, -0.1) is 0 Å². The maximum Gasteiger partial charge on any atom is 0.276 e. The monoisotopic (exact) mass is 515 g/mol. The van der Waals surface area contributed by atoms with Gasteiger partial charge in [-0.05, 0) is 61.4 Å². The molecule has 1 aliphatic heterocycles. The second-order valence-corrected chi connectivity index (χ2v) is 10.5. The van der Waals surface area contributed by atoms with Crippen LogP contribution >= 0.6 is 11.6 Å². The molecule has 0 atom stereocenters. The summed E-state index contributed by atoms with van der Waals surface area (Å²) in [4.78, 5) is 12.2. The summed E-state index contributed by atoms with van der Waals surface area (Å²) in [5.74, 6) is 0.0237. The number of nitrogen functional groups attached to an aromatic ring is 1. The molecule has 0 bridgehead atoms. The third-order valence-corrected chi connectivity index (χ3v) is 7.78. The zero-order valence-electron chi connectivity index (χ0n) is 18.8. The molecule has 5 N–H and O–H groups in total. The van der Waals surface area contributed by atoms with Crippen LogP contribution in [0.4, 0.5) is 5.69 Å². The molecule has 9 nitrogen and oxygen atoms in total. The summed E-state index contributed by atoms with van der Waals surface area (Å²) in [6.45, 7) is 0.744. The molecule has 1 aromatic heterocycles. The van der Waals surface area contributed by atoms with E-state index in [0.717, 1.165) is 5.69 Å². The fourth-order valence-corrected chi connectivity index (χ4v) is 5.37. The molecule has 0 spiro atoms. The number of carbonyl (C=O) groups excluding carboxylic acids is 1. The summed E-state index contributed by atoms with van der Waals surface area (Å²) in [7, 11) is -3.78. The fourth-order valence-electron chi connectivity index (χ4n) is 3.84. The second kappa shape index (κ2) is 10.5. The third-order valence-electron chi connectivity index (χ3n) is 5.76. The standard InChI is InChI=1S/C24H26ClN5O4S/c25-18-6-4-16(5-7-18)24(31)28-15-21-8-9-22(34-21)35(32,33)30-12-10-19(11-13-30)29-20-3-1-2-17(14-20)23(26)27/h1-9,14,19,29H,10-13,15H2,(H3,26,27)(H,28,31). The molecule has 3 aromatic rings. The Kier molecular flexibility index (Phi) is 7.44. The van der Waals surface area contributed by atoms with Crippen LogP contribution in [0, 0.1) is 5.41 Å². The van der Waals surface area contributed by atoms with E-state index in [4.69, 9.17) is 27.2 Å². The van der Waals surface area contributed by atoms with Crippen molar-refractivity contribution in [1.82, 2.24) is 9.62 Å². The number of hydrogen-bond donors (Lipinski definition) is 4. The van der Waals surface area contributed by atoms with E-state index in [1.54, 1.807) is 36.4 Å². The van der Waals surface area contributed by atoms with Crippen molar-refractivity contribution in [2.45, 2.75) is 30.5 Å². The van der Waals surface area contributed by atoms with Crippen LogP contribution in [-0.4, -0.2) is 43.6 Å². The van der Waals surface area contributed by atoms with Gasteiger partial charge in [0.05, 0.1) is 6.54 Å². The van der Waals surface area contributed by atoms with Gasteiger partial charge in [0.15, 0.2) is 0 Å².